The Hall–Kier alpha value is -1.05. The van der Waals surface area contributed by atoms with Gasteiger partial charge in [0.15, 0.2) is 0 Å². The van der Waals surface area contributed by atoms with Crippen LogP contribution in [0, 0.1) is 6.07 Å². The van der Waals surface area contributed by atoms with Crippen LogP contribution in [-0.4, -0.2) is 11.6 Å². The first-order chi connectivity index (χ1) is 4.97. The van der Waals surface area contributed by atoms with E-state index >= 15 is 0 Å². The van der Waals surface area contributed by atoms with E-state index in [1.807, 2.05) is 0 Å². The number of hydrogen-bond acceptors (Lipinski definition) is 2. The van der Waals surface area contributed by atoms with E-state index in [-0.39, 0.29) is 0 Å². The highest BCUT2D eigenvalue weighted by Gasteiger charge is 2.09. The van der Waals surface area contributed by atoms with Gasteiger partial charge in [-0.15, -0.1) is 0 Å². The number of rotatable bonds is 0. The number of pyridine rings is 1. The molecule has 0 N–H and O–H groups in total. The van der Waals surface area contributed by atoms with Crippen LogP contribution >= 0.6 is 0 Å². The molecule has 2 heterocycles. The Bertz CT molecular complexity index is 209. The Labute approximate surface area is 59.9 Å². The minimum Gasteiger partial charge on any atom is -0.491 e. The quantitative estimate of drug-likeness (QED) is 0.532. The molecule has 51 valence electrons. The van der Waals surface area contributed by atoms with E-state index in [1.165, 1.54) is 0 Å². The highest BCUT2D eigenvalue weighted by molar-refractivity contribution is 5.26. The van der Waals surface area contributed by atoms with Crippen LogP contribution in [0.25, 0.3) is 0 Å². The summed E-state index contributed by atoms with van der Waals surface area (Å²) in [5.41, 5.74) is 1.05. The maximum Gasteiger partial charge on any atom is 0.148 e. The molecule has 0 saturated carbocycles. The van der Waals surface area contributed by atoms with Gasteiger partial charge in [-0.05, 0) is 18.9 Å². The van der Waals surface area contributed by atoms with Gasteiger partial charge in [0.05, 0.1) is 12.3 Å². The zero-order valence-electron chi connectivity index (χ0n) is 5.63. The van der Waals surface area contributed by atoms with E-state index in [1.54, 1.807) is 12.3 Å². The van der Waals surface area contributed by atoms with Gasteiger partial charge in [-0.2, -0.15) is 0 Å². The van der Waals surface area contributed by atoms with Gasteiger partial charge in [0.2, 0.25) is 0 Å². The lowest BCUT2D eigenvalue weighted by Gasteiger charge is -2.14. The van der Waals surface area contributed by atoms with Crippen molar-refractivity contribution in [1.82, 2.24) is 4.98 Å². The Kier molecular flexibility index (Phi) is 1.31. The molecule has 10 heavy (non-hydrogen) atoms. The van der Waals surface area contributed by atoms with E-state index in [0.29, 0.717) is 0 Å². The van der Waals surface area contributed by atoms with Crippen molar-refractivity contribution in [3.63, 3.8) is 0 Å². The van der Waals surface area contributed by atoms with Gasteiger partial charge >= 0.3 is 0 Å². The molecule has 2 heteroatoms. The summed E-state index contributed by atoms with van der Waals surface area (Å²) in [7, 11) is 0. The molecule has 0 aliphatic carbocycles. The van der Waals surface area contributed by atoms with Crippen molar-refractivity contribution >= 4 is 0 Å². The molecule has 1 aromatic heterocycles. The average molecular weight is 134 g/mol. The molecule has 0 unspecified atom stereocenters. The fourth-order valence-electron chi connectivity index (χ4n) is 1.10. The van der Waals surface area contributed by atoms with Crippen molar-refractivity contribution in [1.29, 1.82) is 0 Å². The molecule has 2 nitrogen and oxygen atoms in total. The fraction of sp³-hybridized carbons (Fsp3) is 0.375. The lowest BCUT2D eigenvalue weighted by molar-refractivity contribution is 0.284. The largest absolute Gasteiger partial charge is 0.491 e. The maximum atomic E-state index is 5.31. The van der Waals surface area contributed by atoms with Gasteiger partial charge in [-0.1, -0.05) is 0 Å². The van der Waals surface area contributed by atoms with E-state index in [9.17, 15) is 0 Å². The molecule has 0 spiro atoms. The molecule has 1 aliphatic heterocycles. The minimum atomic E-state index is 0.815. The molecule has 1 aliphatic rings. The predicted octanol–water partition coefficient (Wildman–Crippen LogP) is 1.21. The van der Waals surface area contributed by atoms with Crippen LogP contribution in [0.2, 0.25) is 0 Å². The summed E-state index contributed by atoms with van der Waals surface area (Å²) in [6.07, 6.45) is 3.87. The molecular formula is C8H8NO. The molecule has 1 radical (unpaired) electrons. The zero-order valence-corrected chi connectivity index (χ0v) is 5.63. The molecule has 0 fully saturated rings. The third-order valence-corrected chi connectivity index (χ3v) is 1.59. The molecule has 1 aromatic rings. The zero-order chi connectivity index (χ0) is 6.81. The third kappa shape index (κ3) is 0.856. The fourth-order valence-corrected chi connectivity index (χ4v) is 1.10. The van der Waals surface area contributed by atoms with Crippen LogP contribution in [0.3, 0.4) is 0 Å². The molecule has 0 bridgehead atoms. The molecule has 0 saturated heterocycles. The van der Waals surface area contributed by atoms with E-state index in [0.717, 1.165) is 30.9 Å². The summed E-state index contributed by atoms with van der Waals surface area (Å²) in [6, 6.07) is 4.79. The summed E-state index contributed by atoms with van der Waals surface area (Å²) < 4.78 is 5.31. The first-order valence-corrected chi connectivity index (χ1v) is 3.45. The Morgan fingerprint density at radius 3 is 3.50 bits per heavy atom. The van der Waals surface area contributed by atoms with Crippen LogP contribution in [0.15, 0.2) is 12.3 Å². The van der Waals surface area contributed by atoms with Crippen LogP contribution in [-0.2, 0) is 6.42 Å². The van der Waals surface area contributed by atoms with Gasteiger partial charge in [0.25, 0.3) is 0 Å². The topological polar surface area (TPSA) is 22.1 Å². The third-order valence-electron chi connectivity index (χ3n) is 1.59. The summed E-state index contributed by atoms with van der Waals surface area (Å²) in [4.78, 5) is 4.16. The van der Waals surface area contributed by atoms with Gasteiger partial charge in [-0.25, -0.2) is 0 Å². The molecular weight excluding hydrogens is 126 g/mol. The number of aryl methyl sites for hydroxylation is 1. The first kappa shape index (κ1) is 5.71. The summed E-state index contributed by atoms with van der Waals surface area (Å²) in [5.74, 6) is 0.841. The summed E-state index contributed by atoms with van der Waals surface area (Å²) >= 11 is 0. The second kappa shape index (κ2) is 2.29. The normalized spacial score (nSPS) is 15.6. The summed E-state index contributed by atoms with van der Waals surface area (Å²) in [5, 5.41) is 0. The smallest absolute Gasteiger partial charge is 0.148 e. The molecule has 0 atom stereocenters. The average Bonchev–Trinajstić information content (AvgIpc) is 2.05. The van der Waals surface area contributed by atoms with Crippen molar-refractivity contribution < 1.29 is 4.74 Å². The van der Waals surface area contributed by atoms with Crippen molar-refractivity contribution in [2.45, 2.75) is 12.8 Å². The van der Waals surface area contributed by atoms with Crippen LogP contribution in [0.5, 0.6) is 5.75 Å². The maximum absolute atomic E-state index is 5.31. The standard InChI is InChI=1S/C8H8NO/c1-4-8-7(9-5-1)3-2-6-10-8/h1,5H,2-3,6H2. The lowest BCUT2D eigenvalue weighted by Crippen LogP contribution is -2.09. The lowest BCUT2D eigenvalue weighted by atomic mass is 10.2. The summed E-state index contributed by atoms with van der Waals surface area (Å²) in [6.45, 7) is 0.815. The van der Waals surface area contributed by atoms with E-state index < -0.39 is 0 Å². The predicted molar refractivity (Wildman–Crippen MR) is 36.9 cm³/mol. The van der Waals surface area contributed by atoms with Crippen LogP contribution < -0.4 is 4.74 Å². The van der Waals surface area contributed by atoms with E-state index in [2.05, 4.69) is 11.1 Å². The van der Waals surface area contributed by atoms with Crippen LogP contribution in [0.1, 0.15) is 12.1 Å². The van der Waals surface area contributed by atoms with Crippen molar-refractivity contribution in [3.05, 3.63) is 24.0 Å². The number of hydrogen-bond donors (Lipinski definition) is 0. The van der Waals surface area contributed by atoms with Gasteiger partial charge in [0, 0.05) is 12.3 Å². The number of aromatic nitrogens is 1. The van der Waals surface area contributed by atoms with Crippen molar-refractivity contribution in [2.24, 2.45) is 0 Å². The van der Waals surface area contributed by atoms with Gasteiger partial charge < -0.3 is 4.74 Å². The Balaban J connectivity index is 2.41. The second-order valence-corrected chi connectivity index (χ2v) is 2.32. The van der Waals surface area contributed by atoms with E-state index in [4.69, 9.17) is 4.74 Å². The number of fused-ring (bicyclic) bond motifs is 1. The Morgan fingerprint density at radius 1 is 1.60 bits per heavy atom. The van der Waals surface area contributed by atoms with Crippen molar-refractivity contribution in [2.75, 3.05) is 6.61 Å². The van der Waals surface area contributed by atoms with Gasteiger partial charge in [0.1, 0.15) is 5.75 Å². The number of ether oxygens (including phenoxy) is 1. The first-order valence-electron chi connectivity index (χ1n) is 3.45. The monoisotopic (exact) mass is 134 g/mol. The minimum absolute atomic E-state index is 0.815. The SMILES string of the molecule is [c]1ccnc2c1OCCC2. The molecule has 0 amide bonds. The van der Waals surface area contributed by atoms with Crippen LogP contribution in [0.4, 0.5) is 0 Å². The Morgan fingerprint density at radius 2 is 2.60 bits per heavy atom. The highest BCUT2D eigenvalue weighted by atomic mass is 16.5. The second-order valence-electron chi connectivity index (χ2n) is 2.32. The number of nitrogens with zero attached hydrogens (tertiary/aromatic N) is 1. The van der Waals surface area contributed by atoms with Gasteiger partial charge in [-0.3, -0.25) is 4.98 Å². The highest BCUT2D eigenvalue weighted by Crippen LogP contribution is 2.20. The van der Waals surface area contributed by atoms with Crippen molar-refractivity contribution in [3.8, 4) is 5.75 Å². The molecule has 0 aromatic carbocycles. The molecule has 2 rings (SSSR count).